The maximum absolute atomic E-state index is 13.5. The Morgan fingerprint density at radius 3 is 0.862 bits per heavy atom. The van der Waals surface area contributed by atoms with E-state index in [2.05, 4.69) is 12.6 Å². The van der Waals surface area contributed by atoms with Gasteiger partial charge >= 0.3 is 2.74 Å². The highest BCUT2D eigenvalue weighted by molar-refractivity contribution is 8.38. The Labute approximate surface area is 175 Å². The summed E-state index contributed by atoms with van der Waals surface area (Å²) in [6.07, 6.45) is 0. The molecular formula is C19H16O6S4. The number of sulfone groups is 3. The van der Waals surface area contributed by atoms with Gasteiger partial charge in [-0.1, -0.05) is 54.6 Å². The Morgan fingerprint density at radius 2 is 0.655 bits per heavy atom. The second-order valence-corrected chi connectivity index (χ2v) is 14.6. The molecule has 0 aromatic heterocycles. The molecule has 0 bridgehead atoms. The normalized spacial score (nSPS) is 13.1. The van der Waals surface area contributed by atoms with E-state index in [0.29, 0.717) is 0 Å². The molecule has 0 unspecified atom stereocenters. The second-order valence-electron chi connectivity index (χ2n) is 5.97. The number of hydrogen-bond acceptors (Lipinski definition) is 7. The van der Waals surface area contributed by atoms with Crippen LogP contribution in [0.4, 0.5) is 0 Å². The van der Waals surface area contributed by atoms with Crippen LogP contribution in [0.3, 0.4) is 0 Å². The molecule has 29 heavy (non-hydrogen) atoms. The van der Waals surface area contributed by atoms with Crippen LogP contribution in [0.1, 0.15) is 0 Å². The average molecular weight is 469 g/mol. The Bertz CT molecular complexity index is 1150. The van der Waals surface area contributed by atoms with Crippen molar-refractivity contribution in [2.75, 3.05) is 0 Å². The third-order valence-corrected chi connectivity index (χ3v) is 15.0. The molecule has 0 aliphatic carbocycles. The highest BCUT2D eigenvalue weighted by atomic mass is 32.4. The molecule has 10 heteroatoms. The zero-order valence-corrected chi connectivity index (χ0v) is 18.1. The first-order valence-electron chi connectivity index (χ1n) is 8.18. The Balaban J connectivity index is 2.44. The number of rotatable bonds is 6. The molecule has 6 nitrogen and oxygen atoms in total. The predicted molar refractivity (Wildman–Crippen MR) is 113 cm³/mol. The lowest BCUT2D eigenvalue weighted by molar-refractivity contribution is 0.569. The quantitative estimate of drug-likeness (QED) is 0.558. The summed E-state index contributed by atoms with van der Waals surface area (Å²) in [6.45, 7) is 0. The van der Waals surface area contributed by atoms with Crippen molar-refractivity contribution >= 4 is 42.1 Å². The lowest BCUT2D eigenvalue weighted by Gasteiger charge is -2.28. The van der Waals surface area contributed by atoms with Crippen LogP contribution < -0.4 is 0 Å². The van der Waals surface area contributed by atoms with Gasteiger partial charge in [-0.05, 0) is 36.4 Å². The molecule has 0 heterocycles. The van der Waals surface area contributed by atoms with Gasteiger partial charge < -0.3 is 0 Å². The van der Waals surface area contributed by atoms with Crippen molar-refractivity contribution in [2.24, 2.45) is 0 Å². The van der Waals surface area contributed by atoms with Crippen LogP contribution in [-0.4, -0.2) is 28.0 Å². The largest absolute Gasteiger partial charge is 0.327 e. The number of benzene rings is 3. The van der Waals surface area contributed by atoms with Crippen LogP contribution in [0.15, 0.2) is 106 Å². The predicted octanol–water partition coefficient (Wildman–Crippen LogP) is 2.95. The highest BCUT2D eigenvalue weighted by Crippen LogP contribution is 2.45. The van der Waals surface area contributed by atoms with E-state index in [1.54, 1.807) is 0 Å². The summed E-state index contributed by atoms with van der Waals surface area (Å²) in [4.78, 5) is -1.43. The van der Waals surface area contributed by atoms with Crippen LogP contribution >= 0.6 is 12.6 Å². The van der Waals surface area contributed by atoms with Crippen LogP contribution in [-0.2, 0) is 29.5 Å². The third-order valence-electron chi connectivity index (χ3n) is 4.18. The average Bonchev–Trinajstić information content (AvgIpc) is 2.74. The van der Waals surface area contributed by atoms with E-state index in [-0.39, 0.29) is 0 Å². The molecule has 0 saturated heterocycles. The van der Waals surface area contributed by atoms with Crippen molar-refractivity contribution in [1.29, 1.82) is 0 Å². The third kappa shape index (κ3) is 3.29. The SMILES string of the molecule is O=S(=O)(c1ccccc1)C(S)(S(=O)(=O)c1ccccc1)S(=O)(=O)c1ccccc1. The van der Waals surface area contributed by atoms with Gasteiger partial charge in [-0.2, -0.15) is 0 Å². The van der Waals surface area contributed by atoms with E-state index in [9.17, 15) is 25.3 Å². The minimum atomic E-state index is -5.02. The monoisotopic (exact) mass is 468 g/mol. The first-order valence-corrected chi connectivity index (χ1v) is 13.1. The molecule has 0 saturated carbocycles. The Morgan fingerprint density at radius 1 is 0.448 bits per heavy atom. The van der Waals surface area contributed by atoms with Crippen molar-refractivity contribution in [1.82, 2.24) is 0 Å². The molecule has 3 aromatic rings. The Kier molecular flexibility index (Phi) is 5.65. The van der Waals surface area contributed by atoms with E-state index in [1.807, 2.05) is 0 Å². The summed E-state index contributed by atoms with van der Waals surface area (Å²) in [5, 5.41) is 0. The van der Waals surface area contributed by atoms with Gasteiger partial charge in [0.25, 0.3) is 0 Å². The number of hydrogen-bond donors (Lipinski definition) is 1. The van der Waals surface area contributed by atoms with Gasteiger partial charge in [0.2, 0.25) is 29.5 Å². The summed E-state index contributed by atoms with van der Waals surface area (Å²) in [5.74, 6) is 0. The van der Waals surface area contributed by atoms with Gasteiger partial charge in [-0.3, -0.25) is 0 Å². The summed E-state index contributed by atoms with van der Waals surface area (Å²) < 4.78 is 77.3. The van der Waals surface area contributed by atoms with E-state index >= 15 is 0 Å². The van der Waals surface area contributed by atoms with E-state index < -0.39 is 46.9 Å². The van der Waals surface area contributed by atoms with Gasteiger partial charge in [0.1, 0.15) is 0 Å². The minimum absolute atomic E-state index is 0.478. The lowest BCUT2D eigenvalue weighted by Crippen LogP contribution is -2.48. The van der Waals surface area contributed by atoms with Crippen LogP contribution in [0, 0.1) is 0 Å². The maximum Gasteiger partial charge on any atom is 0.327 e. The fourth-order valence-electron chi connectivity index (χ4n) is 2.68. The van der Waals surface area contributed by atoms with Gasteiger partial charge in [0.05, 0.1) is 14.7 Å². The molecule has 0 amide bonds. The van der Waals surface area contributed by atoms with E-state index in [4.69, 9.17) is 0 Å². The smallest absolute Gasteiger partial charge is 0.220 e. The van der Waals surface area contributed by atoms with Crippen molar-refractivity contribution in [2.45, 2.75) is 17.4 Å². The van der Waals surface area contributed by atoms with Gasteiger partial charge in [0, 0.05) is 0 Å². The first-order chi connectivity index (χ1) is 13.6. The molecule has 0 spiro atoms. The summed E-state index contributed by atoms with van der Waals surface area (Å²) in [5.41, 5.74) is 0. The summed E-state index contributed by atoms with van der Waals surface area (Å²) in [7, 11) is -15.1. The molecule has 3 aromatic carbocycles. The van der Waals surface area contributed by atoms with Crippen LogP contribution in [0.25, 0.3) is 0 Å². The van der Waals surface area contributed by atoms with Crippen molar-refractivity contribution in [3.63, 3.8) is 0 Å². The van der Waals surface area contributed by atoms with Crippen molar-refractivity contribution in [3.05, 3.63) is 91.0 Å². The van der Waals surface area contributed by atoms with Crippen molar-refractivity contribution < 1.29 is 25.3 Å². The number of thiol groups is 1. The van der Waals surface area contributed by atoms with E-state index in [1.165, 1.54) is 54.6 Å². The summed E-state index contributed by atoms with van der Waals surface area (Å²) in [6, 6.07) is 19.5. The van der Waals surface area contributed by atoms with E-state index in [0.717, 1.165) is 36.4 Å². The lowest BCUT2D eigenvalue weighted by atomic mass is 10.4. The molecule has 0 aliphatic heterocycles. The molecule has 0 N–H and O–H groups in total. The van der Waals surface area contributed by atoms with Gasteiger partial charge in [-0.25, -0.2) is 25.3 Å². The highest BCUT2D eigenvalue weighted by Gasteiger charge is 2.64. The van der Waals surface area contributed by atoms with Crippen LogP contribution in [0.2, 0.25) is 0 Å². The topological polar surface area (TPSA) is 102 Å². The molecule has 3 rings (SSSR count). The summed E-state index contributed by atoms with van der Waals surface area (Å²) >= 11 is 3.93. The van der Waals surface area contributed by atoms with Crippen LogP contribution in [0.5, 0.6) is 0 Å². The second kappa shape index (κ2) is 7.60. The first kappa shape index (κ1) is 21.6. The fraction of sp³-hybridized carbons (Fsp3) is 0.0526. The molecule has 0 atom stereocenters. The van der Waals surface area contributed by atoms with Gasteiger partial charge in [-0.15, -0.1) is 12.6 Å². The zero-order valence-electron chi connectivity index (χ0n) is 14.8. The standard InChI is InChI=1S/C19H16O6S4/c20-27(21,16-10-4-1-5-11-16)19(26,28(22,23)17-12-6-2-7-13-17)29(24,25)18-14-8-3-9-15-18/h1-15,26H. The van der Waals surface area contributed by atoms with Crippen molar-refractivity contribution in [3.8, 4) is 0 Å². The minimum Gasteiger partial charge on any atom is -0.220 e. The molecule has 0 radical (unpaired) electrons. The zero-order chi connectivity index (χ0) is 21.3. The Hall–Kier alpha value is -2.14. The molecule has 152 valence electrons. The molecule has 0 aliphatic rings. The molecule has 0 fully saturated rings. The molecular weight excluding hydrogens is 452 g/mol. The van der Waals surface area contributed by atoms with Gasteiger partial charge in [0.15, 0.2) is 0 Å². The maximum atomic E-state index is 13.5. The fourth-order valence-corrected chi connectivity index (χ4v) is 11.3.